The molecule has 0 fully saturated rings. The van der Waals surface area contributed by atoms with E-state index in [0.717, 1.165) is 19.2 Å². The smallest absolute Gasteiger partial charge is 0.240 e. The van der Waals surface area contributed by atoms with Crippen LogP contribution >= 0.6 is 0 Å². The summed E-state index contributed by atoms with van der Waals surface area (Å²) >= 11 is 0. The Morgan fingerprint density at radius 2 is 1.94 bits per heavy atom. The van der Waals surface area contributed by atoms with Crippen molar-refractivity contribution in [3.05, 3.63) is 32.7 Å². The molecule has 0 bridgehead atoms. The largest absolute Gasteiger partial charge is 0.595 e. The molecule has 0 spiro atoms. The van der Waals surface area contributed by atoms with Crippen LogP contribution in [0.15, 0.2) is 17.3 Å². The summed E-state index contributed by atoms with van der Waals surface area (Å²) in [5, 5.41) is 33.8. The molecule has 0 saturated heterocycles. The summed E-state index contributed by atoms with van der Waals surface area (Å²) in [6, 6.07) is 2.09. The maximum atomic E-state index is 11.3. The van der Waals surface area contributed by atoms with Gasteiger partial charge < -0.3 is 15.6 Å². The highest BCUT2D eigenvalue weighted by Gasteiger charge is 2.33. The zero-order valence-electron chi connectivity index (χ0n) is 8.55. The van der Waals surface area contributed by atoms with Gasteiger partial charge in [0.2, 0.25) is 11.4 Å². The molecule has 3 atom stereocenters. The third-order valence-electron chi connectivity index (χ3n) is 2.26. The molecule has 1 heterocycles. The van der Waals surface area contributed by atoms with E-state index in [1.54, 1.807) is 0 Å². The van der Waals surface area contributed by atoms with Gasteiger partial charge >= 0.3 is 0 Å². The molecular formula is C7H8N4O6. The van der Waals surface area contributed by atoms with E-state index < -0.39 is 15.7 Å². The van der Waals surface area contributed by atoms with Gasteiger partial charge in [0.05, 0.1) is 13.2 Å². The first-order chi connectivity index (χ1) is 8.08. The molecule has 3 N–H and O–H groups in total. The number of hydrogen-bond donors (Lipinski definition) is 3. The minimum Gasteiger partial charge on any atom is -0.595 e. The Hall–Kier alpha value is -1.50. The lowest BCUT2D eigenvalue weighted by atomic mass is 10.2. The number of nitrogens with zero attached hydrogens (tertiary/aromatic N) is 1. The minimum absolute atomic E-state index is 0.0807. The third-order valence-corrected chi connectivity index (χ3v) is 2.26. The van der Waals surface area contributed by atoms with E-state index in [2.05, 4.69) is 15.0 Å². The lowest BCUT2D eigenvalue weighted by Gasteiger charge is -2.17. The van der Waals surface area contributed by atoms with Gasteiger partial charge in [-0.1, -0.05) is 0 Å². The summed E-state index contributed by atoms with van der Waals surface area (Å²) in [6.45, 7) is 0. The van der Waals surface area contributed by atoms with E-state index in [-0.39, 0.29) is 22.7 Å². The predicted molar refractivity (Wildman–Crippen MR) is 52.0 cm³/mol. The van der Waals surface area contributed by atoms with Crippen molar-refractivity contribution in [2.75, 3.05) is 7.11 Å². The Bertz CT molecular complexity index is 454. The van der Waals surface area contributed by atoms with Gasteiger partial charge in [-0.2, -0.15) is 5.23 Å². The Labute approximate surface area is 94.1 Å². The number of quaternary nitrogens is 3. The second-order valence-corrected chi connectivity index (χ2v) is 3.17. The van der Waals surface area contributed by atoms with E-state index in [1.165, 1.54) is 0 Å². The molecule has 0 radical (unpaired) electrons. The fraction of sp³-hybridized carbons (Fsp3) is 0.143. The van der Waals surface area contributed by atoms with Crippen molar-refractivity contribution in [2.24, 2.45) is 5.18 Å². The first-order valence-electron chi connectivity index (χ1n) is 4.44. The molecule has 0 amide bonds. The molecule has 2 rings (SSSR count). The average molecular weight is 244 g/mol. The van der Waals surface area contributed by atoms with Gasteiger partial charge in [0.1, 0.15) is 0 Å². The SMILES string of the molecule is CO[NH+]([O-])c1cc2c(cc1N=O)[NH+]([O-])O[NH+]2[O-]. The summed E-state index contributed by atoms with van der Waals surface area (Å²) in [7, 11) is 1.12. The van der Waals surface area contributed by atoms with Gasteiger partial charge in [-0.05, 0) is 5.18 Å². The fourth-order valence-corrected chi connectivity index (χ4v) is 1.47. The average Bonchev–Trinajstić information content (AvgIpc) is 2.62. The molecule has 0 aromatic heterocycles. The molecule has 0 aliphatic carbocycles. The molecular weight excluding hydrogens is 236 g/mol. The molecule has 10 nitrogen and oxygen atoms in total. The molecule has 1 aromatic rings. The van der Waals surface area contributed by atoms with Crippen LogP contribution in [0.4, 0.5) is 22.7 Å². The quantitative estimate of drug-likeness (QED) is 0.307. The van der Waals surface area contributed by atoms with Crippen LogP contribution in [0.3, 0.4) is 0 Å². The van der Waals surface area contributed by atoms with Crippen molar-refractivity contribution >= 4 is 22.7 Å². The summed E-state index contributed by atoms with van der Waals surface area (Å²) < 4.78 is 0. The predicted octanol–water partition coefficient (Wildman–Crippen LogP) is -2.45. The van der Waals surface area contributed by atoms with Crippen LogP contribution in [0.2, 0.25) is 0 Å². The minimum atomic E-state index is -0.869. The van der Waals surface area contributed by atoms with Crippen LogP contribution in [-0.4, -0.2) is 7.11 Å². The van der Waals surface area contributed by atoms with Crippen LogP contribution < -0.4 is 15.7 Å². The summed E-state index contributed by atoms with van der Waals surface area (Å²) in [5.41, 5.74) is -0.629. The molecule has 1 aromatic carbocycles. The number of hydrogen-bond acceptors (Lipinski definition) is 7. The topological polar surface area (TPSA) is 130 Å². The summed E-state index contributed by atoms with van der Waals surface area (Å²) in [6.07, 6.45) is 0. The van der Waals surface area contributed by atoms with E-state index in [1.807, 2.05) is 0 Å². The standard InChI is InChI=1S/C7H8N4O6/c1-16-9(13)5-3-7-6(2-4(5)8-12)10(14)17-11(7)15/h2-3,9-11H,1H3. The van der Waals surface area contributed by atoms with Crippen LogP contribution in [-0.2, 0) is 9.78 Å². The van der Waals surface area contributed by atoms with Crippen molar-refractivity contribution in [3.8, 4) is 0 Å². The monoisotopic (exact) mass is 244 g/mol. The van der Waals surface area contributed by atoms with E-state index >= 15 is 0 Å². The number of fused-ring (bicyclic) bond motifs is 1. The Morgan fingerprint density at radius 1 is 1.35 bits per heavy atom. The summed E-state index contributed by atoms with van der Waals surface area (Å²) in [4.78, 5) is 19.3. The first kappa shape index (κ1) is 12.0. The maximum absolute atomic E-state index is 11.3. The van der Waals surface area contributed by atoms with Gasteiger partial charge in [0.15, 0.2) is 11.4 Å². The van der Waals surface area contributed by atoms with Gasteiger partial charge in [0, 0.05) is 11.0 Å². The van der Waals surface area contributed by atoms with Crippen LogP contribution in [0.25, 0.3) is 0 Å². The van der Waals surface area contributed by atoms with Crippen LogP contribution in [0, 0.1) is 20.5 Å². The fourth-order valence-electron chi connectivity index (χ4n) is 1.47. The number of rotatable bonds is 3. The van der Waals surface area contributed by atoms with Gasteiger partial charge in [-0.3, -0.25) is 0 Å². The molecule has 1 aliphatic heterocycles. The highest BCUT2D eigenvalue weighted by Crippen LogP contribution is 2.30. The number of nitrogens with one attached hydrogen (secondary N) is 3. The van der Waals surface area contributed by atoms with Gasteiger partial charge in [-0.15, -0.1) is 15.4 Å². The van der Waals surface area contributed by atoms with Gasteiger partial charge in [-0.25, -0.2) is 4.84 Å². The Balaban J connectivity index is 2.55. The molecule has 1 aliphatic rings. The van der Waals surface area contributed by atoms with Crippen molar-refractivity contribution < 1.29 is 25.5 Å². The Kier molecular flexibility index (Phi) is 3.10. The lowest BCUT2D eigenvalue weighted by Crippen LogP contribution is -3.15. The van der Waals surface area contributed by atoms with E-state index in [9.17, 15) is 20.5 Å². The third kappa shape index (κ3) is 1.90. The number of benzene rings is 1. The second kappa shape index (κ2) is 4.40. The zero-order chi connectivity index (χ0) is 12.6. The first-order valence-corrected chi connectivity index (χ1v) is 4.44. The van der Waals surface area contributed by atoms with E-state index in [4.69, 9.17) is 0 Å². The van der Waals surface area contributed by atoms with Crippen LogP contribution in [0.5, 0.6) is 0 Å². The normalized spacial score (nSPS) is 24.5. The zero-order valence-corrected chi connectivity index (χ0v) is 8.55. The van der Waals surface area contributed by atoms with E-state index in [0.29, 0.717) is 0 Å². The van der Waals surface area contributed by atoms with Crippen molar-refractivity contribution in [1.29, 1.82) is 0 Å². The molecule has 10 heteroatoms. The summed E-state index contributed by atoms with van der Waals surface area (Å²) in [5.74, 6) is 0. The van der Waals surface area contributed by atoms with Crippen molar-refractivity contribution in [2.45, 2.75) is 0 Å². The molecule has 17 heavy (non-hydrogen) atoms. The Morgan fingerprint density at radius 3 is 2.47 bits per heavy atom. The maximum Gasteiger partial charge on any atom is 0.240 e. The van der Waals surface area contributed by atoms with Gasteiger partial charge in [0.25, 0.3) is 0 Å². The molecule has 0 saturated carbocycles. The highest BCUT2D eigenvalue weighted by molar-refractivity contribution is 5.70. The lowest BCUT2D eigenvalue weighted by molar-refractivity contribution is -1.24. The van der Waals surface area contributed by atoms with Crippen molar-refractivity contribution in [3.63, 3.8) is 0 Å². The second-order valence-electron chi connectivity index (χ2n) is 3.17. The van der Waals surface area contributed by atoms with Crippen molar-refractivity contribution in [1.82, 2.24) is 0 Å². The molecule has 3 unspecified atom stereocenters. The highest BCUT2D eigenvalue weighted by atomic mass is 17.1. The van der Waals surface area contributed by atoms with Crippen LogP contribution in [0.1, 0.15) is 0 Å². The number of nitroso groups, excluding NO2 is 1. The molecule has 92 valence electrons.